The van der Waals surface area contributed by atoms with Crippen LogP contribution in [0.25, 0.3) is 0 Å². The summed E-state index contributed by atoms with van der Waals surface area (Å²) in [5.74, 6) is 1.04. The molecule has 0 bridgehead atoms. The van der Waals surface area contributed by atoms with E-state index in [1.54, 1.807) is 0 Å². The zero-order valence-electron chi connectivity index (χ0n) is 14.3. The average Bonchev–Trinajstić information content (AvgIpc) is 3.23. The average molecular weight is 328 g/mol. The van der Waals surface area contributed by atoms with Crippen LogP contribution < -0.4 is 4.90 Å². The van der Waals surface area contributed by atoms with Crippen LogP contribution in [0.5, 0.6) is 0 Å². The second kappa shape index (κ2) is 6.53. The van der Waals surface area contributed by atoms with Crippen molar-refractivity contribution in [3.8, 4) is 0 Å². The maximum Gasteiger partial charge on any atom is 0.324 e. The third kappa shape index (κ3) is 3.03. The van der Waals surface area contributed by atoms with Gasteiger partial charge in [-0.25, -0.2) is 0 Å². The minimum atomic E-state index is 0.205. The van der Waals surface area contributed by atoms with Gasteiger partial charge in [0.25, 0.3) is 0 Å². The molecule has 2 saturated heterocycles. The van der Waals surface area contributed by atoms with Crippen molar-refractivity contribution in [2.75, 3.05) is 31.1 Å². The van der Waals surface area contributed by atoms with Gasteiger partial charge in [-0.05, 0) is 5.56 Å². The summed E-state index contributed by atoms with van der Waals surface area (Å²) in [5.41, 5.74) is 1.34. The van der Waals surface area contributed by atoms with Crippen LogP contribution >= 0.6 is 0 Å². The largest absolute Gasteiger partial charge is 0.373 e. The first-order chi connectivity index (χ1) is 11.7. The van der Waals surface area contributed by atoms with Gasteiger partial charge in [0.2, 0.25) is 0 Å². The van der Waals surface area contributed by atoms with Crippen LogP contribution in [0, 0.1) is 0 Å². The lowest BCUT2D eigenvalue weighted by Crippen LogP contribution is -2.50. The first-order valence-corrected chi connectivity index (χ1v) is 8.69. The molecule has 2 atom stereocenters. The number of benzene rings is 1. The van der Waals surface area contributed by atoms with Gasteiger partial charge < -0.3 is 14.2 Å². The van der Waals surface area contributed by atoms with E-state index in [0.717, 1.165) is 38.6 Å². The van der Waals surface area contributed by atoms with Crippen molar-refractivity contribution in [3.63, 3.8) is 0 Å². The van der Waals surface area contributed by atoms with Gasteiger partial charge in [-0.3, -0.25) is 4.90 Å². The number of morpholine rings is 1. The van der Waals surface area contributed by atoms with Crippen LogP contribution in [-0.2, 0) is 11.3 Å². The molecule has 128 valence electrons. The maximum absolute atomic E-state index is 6.00. The van der Waals surface area contributed by atoms with Crippen LogP contribution in [0.4, 0.5) is 6.01 Å². The molecule has 2 aromatic rings. The fourth-order valence-electron chi connectivity index (χ4n) is 3.52. The summed E-state index contributed by atoms with van der Waals surface area (Å²) >= 11 is 0. The standard InChI is InChI=1S/C18H24N4O2/c1-13(2)17-19-18(24-20-17)22-11-15-16(12-22)23-9-8-21(15)10-14-6-4-3-5-7-14/h3-7,13,15-16H,8-12H2,1-2H3/t15-,16-/m1/s1. The number of nitrogens with zero attached hydrogens (tertiary/aromatic N) is 4. The predicted molar refractivity (Wildman–Crippen MR) is 91.0 cm³/mol. The molecule has 0 saturated carbocycles. The molecule has 0 radical (unpaired) electrons. The number of hydrogen-bond donors (Lipinski definition) is 0. The monoisotopic (exact) mass is 328 g/mol. The normalized spacial score (nSPS) is 24.5. The van der Waals surface area contributed by atoms with Crippen molar-refractivity contribution in [1.29, 1.82) is 0 Å². The van der Waals surface area contributed by atoms with Crippen LogP contribution in [-0.4, -0.2) is 53.4 Å². The summed E-state index contributed by atoms with van der Waals surface area (Å²) in [6, 6.07) is 11.6. The number of hydrogen-bond acceptors (Lipinski definition) is 6. The Kier molecular flexibility index (Phi) is 4.24. The zero-order chi connectivity index (χ0) is 16.5. The van der Waals surface area contributed by atoms with Crippen molar-refractivity contribution in [1.82, 2.24) is 15.0 Å². The smallest absolute Gasteiger partial charge is 0.324 e. The molecular formula is C18H24N4O2. The molecule has 0 spiro atoms. The van der Waals surface area contributed by atoms with E-state index in [0.29, 0.717) is 12.1 Å². The highest BCUT2D eigenvalue weighted by Crippen LogP contribution is 2.28. The fraction of sp³-hybridized carbons (Fsp3) is 0.556. The number of ether oxygens (including phenoxy) is 1. The van der Waals surface area contributed by atoms with Gasteiger partial charge in [-0.2, -0.15) is 4.98 Å². The molecule has 24 heavy (non-hydrogen) atoms. The number of anilines is 1. The number of rotatable bonds is 4. The molecule has 1 aromatic heterocycles. The molecule has 6 nitrogen and oxygen atoms in total. The van der Waals surface area contributed by atoms with Crippen molar-refractivity contribution in [2.45, 2.75) is 38.5 Å². The van der Waals surface area contributed by atoms with E-state index >= 15 is 0 Å². The fourth-order valence-corrected chi connectivity index (χ4v) is 3.52. The van der Waals surface area contributed by atoms with Crippen LogP contribution in [0.1, 0.15) is 31.2 Å². The molecule has 0 N–H and O–H groups in total. The van der Waals surface area contributed by atoms with Crippen molar-refractivity contribution < 1.29 is 9.26 Å². The molecule has 2 aliphatic heterocycles. The van der Waals surface area contributed by atoms with E-state index in [4.69, 9.17) is 9.26 Å². The highest BCUT2D eigenvalue weighted by atomic mass is 16.5. The molecule has 2 aliphatic rings. The SMILES string of the molecule is CC(C)c1noc(N2C[C@@H]3[C@@H](C2)OCCN3Cc2ccccc2)n1. The lowest BCUT2D eigenvalue weighted by Gasteiger charge is -2.36. The molecule has 2 fully saturated rings. The van der Waals surface area contributed by atoms with E-state index in [1.165, 1.54) is 5.56 Å². The van der Waals surface area contributed by atoms with Gasteiger partial charge in [0.05, 0.1) is 25.3 Å². The van der Waals surface area contributed by atoms with Crippen molar-refractivity contribution in [3.05, 3.63) is 41.7 Å². The molecular weight excluding hydrogens is 304 g/mol. The Bertz CT molecular complexity index is 673. The summed E-state index contributed by atoms with van der Waals surface area (Å²) in [4.78, 5) is 9.21. The Hall–Kier alpha value is -1.92. The van der Waals surface area contributed by atoms with Gasteiger partial charge in [0.15, 0.2) is 5.82 Å². The third-order valence-electron chi connectivity index (χ3n) is 4.86. The number of fused-ring (bicyclic) bond motifs is 1. The van der Waals surface area contributed by atoms with E-state index in [1.807, 2.05) is 0 Å². The van der Waals surface area contributed by atoms with Crippen LogP contribution in [0.15, 0.2) is 34.9 Å². The van der Waals surface area contributed by atoms with Crippen LogP contribution in [0.3, 0.4) is 0 Å². The lowest BCUT2D eigenvalue weighted by atomic mass is 10.1. The minimum Gasteiger partial charge on any atom is -0.373 e. The van der Waals surface area contributed by atoms with Gasteiger partial charge in [0, 0.05) is 25.6 Å². The summed E-state index contributed by atoms with van der Waals surface area (Å²) in [6.45, 7) is 8.54. The third-order valence-corrected chi connectivity index (χ3v) is 4.86. The second-order valence-electron chi connectivity index (χ2n) is 6.93. The van der Waals surface area contributed by atoms with E-state index in [2.05, 4.69) is 64.1 Å². The molecule has 6 heteroatoms. The molecule has 0 amide bonds. The Morgan fingerprint density at radius 3 is 2.79 bits per heavy atom. The van der Waals surface area contributed by atoms with E-state index < -0.39 is 0 Å². The van der Waals surface area contributed by atoms with Gasteiger partial charge in [-0.15, -0.1) is 0 Å². The Balaban J connectivity index is 1.47. The molecule has 4 rings (SSSR count). The highest BCUT2D eigenvalue weighted by molar-refractivity contribution is 5.30. The molecule has 0 unspecified atom stereocenters. The molecule has 0 aliphatic carbocycles. The lowest BCUT2D eigenvalue weighted by molar-refractivity contribution is -0.0499. The molecule has 3 heterocycles. The first-order valence-electron chi connectivity index (χ1n) is 8.69. The Morgan fingerprint density at radius 2 is 2.04 bits per heavy atom. The topological polar surface area (TPSA) is 54.6 Å². The Morgan fingerprint density at radius 1 is 1.21 bits per heavy atom. The maximum atomic E-state index is 6.00. The van der Waals surface area contributed by atoms with E-state index in [-0.39, 0.29) is 12.0 Å². The second-order valence-corrected chi connectivity index (χ2v) is 6.93. The summed E-state index contributed by atoms with van der Waals surface area (Å²) in [6.07, 6.45) is 0.205. The van der Waals surface area contributed by atoms with Crippen molar-refractivity contribution in [2.24, 2.45) is 0 Å². The number of aromatic nitrogens is 2. The van der Waals surface area contributed by atoms with Gasteiger partial charge in [0.1, 0.15) is 0 Å². The predicted octanol–water partition coefficient (Wildman–Crippen LogP) is 2.28. The van der Waals surface area contributed by atoms with Gasteiger partial charge >= 0.3 is 6.01 Å². The summed E-state index contributed by atoms with van der Waals surface area (Å²) < 4.78 is 11.5. The quantitative estimate of drug-likeness (QED) is 0.858. The minimum absolute atomic E-state index is 0.205. The Labute approximate surface area is 142 Å². The molecule has 1 aromatic carbocycles. The first kappa shape index (κ1) is 15.6. The van der Waals surface area contributed by atoms with Crippen LogP contribution in [0.2, 0.25) is 0 Å². The highest BCUT2D eigenvalue weighted by Gasteiger charge is 2.41. The van der Waals surface area contributed by atoms with E-state index in [9.17, 15) is 0 Å². The van der Waals surface area contributed by atoms with Crippen molar-refractivity contribution >= 4 is 6.01 Å². The summed E-state index contributed by atoms with van der Waals surface area (Å²) in [5, 5.41) is 4.08. The van der Waals surface area contributed by atoms with Gasteiger partial charge in [-0.1, -0.05) is 49.3 Å². The zero-order valence-corrected chi connectivity index (χ0v) is 14.3. The summed E-state index contributed by atoms with van der Waals surface area (Å²) in [7, 11) is 0.